The fraction of sp³-hybridized carbons (Fsp3) is 0.417. The van der Waals surface area contributed by atoms with Gasteiger partial charge in [-0.05, 0) is 30.0 Å². The summed E-state index contributed by atoms with van der Waals surface area (Å²) in [4.78, 5) is 0. The molecule has 76 valence electrons. The topological polar surface area (TPSA) is 35.9 Å². The van der Waals surface area contributed by atoms with Crippen LogP contribution in [0.2, 0.25) is 0 Å². The smallest absolute Gasteiger partial charge is 0.0426 e. The molecule has 2 nitrogen and oxygen atoms in total. The summed E-state index contributed by atoms with van der Waals surface area (Å²) in [5, 5.41) is 10.4. The minimum absolute atomic E-state index is 0.661. The van der Waals surface area contributed by atoms with Crippen LogP contribution in [0.1, 0.15) is 25.0 Å². The average molecular weight is 190 g/mol. The number of rotatable bonds is 4. The molecular weight excluding hydrogens is 172 g/mol. The van der Waals surface area contributed by atoms with E-state index >= 15 is 0 Å². The minimum Gasteiger partial charge on any atom is -0.388 e. The van der Waals surface area contributed by atoms with Crippen LogP contribution < -0.4 is 5.32 Å². The zero-order valence-electron chi connectivity index (χ0n) is 9.09. The van der Waals surface area contributed by atoms with E-state index < -0.39 is 0 Å². The molecule has 0 saturated heterocycles. The van der Waals surface area contributed by atoms with E-state index in [0.717, 1.165) is 17.7 Å². The molecule has 0 saturated carbocycles. The van der Waals surface area contributed by atoms with Gasteiger partial charge >= 0.3 is 0 Å². The van der Waals surface area contributed by atoms with E-state index in [0.29, 0.717) is 5.92 Å². The first-order valence-corrected chi connectivity index (χ1v) is 4.98. The highest BCUT2D eigenvalue weighted by molar-refractivity contribution is 5.85. The van der Waals surface area contributed by atoms with Gasteiger partial charge in [-0.25, -0.2) is 0 Å². The molecule has 2 N–H and O–H groups in total. The van der Waals surface area contributed by atoms with Crippen molar-refractivity contribution in [2.24, 2.45) is 5.92 Å². The third-order valence-electron chi connectivity index (χ3n) is 2.18. The Morgan fingerprint density at radius 1 is 1.43 bits per heavy atom. The molecule has 0 atom stereocenters. The Balaban J connectivity index is 2.95. The molecule has 0 aliphatic carbocycles. The highest BCUT2D eigenvalue weighted by Crippen LogP contribution is 2.17. The molecule has 0 fully saturated rings. The fourth-order valence-corrected chi connectivity index (χ4v) is 1.56. The molecule has 0 unspecified atom stereocenters. The number of nitrogens with one attached hydrogen (secondary N) is 2. The van der Waals surface area contributed by atoms with E-state index in [4.69, 9.17) is 5.41 Å². The Morgan fingerprint density at radius 2 is 2.14 bits per heavy atom. The van der Waals surface area contributed by atoms with Crippen LogP contribution in [0.3, 0.4) is 0 Å². The van der Waals surface area contributed by atoms with Crippen molar-refractivity contribution in [3.8, 4) is 0 Å². The largest absolute Gasteiger partial charge is 0.388 e. The van der Waals surface area contributed by atoms with E-state index in [1.165, 1.54) is 11.8 Å². The molecule has 0 aromatic heterocycles. The molecule has 1 aromatic rings. The number of anilines is 1. The lowest BCUT2D eigenvalue weighted by molar-refractivity contribution is 0.647. The summed E-state index contributed by atoms with van der Waals surface area (Å²) in [7, 11) is 1.88. The summed E-state index contributed by atoms with van der Waals surface area (Å²) in [5.41, 5.74) is 3.29. The molecule has 0 heterocycles. The Hall–Kier alpha value is -1.31. The van der Waals surface area contributed by atoms with E-state index in [1.807, 2.05) is 13.1 Å². The highest BCUT2D eigenvalue weighted by Gasteiger charge is 2.02. The van der Waals surface area contributed by atoms with Crippen molar-refractivity contribution in [2.75, 3.05) is 12.4 Å². The molecule has 0 aliphatic heterocycles. The van der Waals surface area contributed by atoms with Crippen LogP contribution in [0, 0.1) is 11.3 Å². The van der Waals surface area contributed by atoms with Gasteiger partial charge in [0, 0.05) is 24.5 Å². The summed E-state index contributed by atoms with van der Waals surface area (Å²) in [6.45, 7) is 4.41. The van der Waals surface area contributed by atoms with Gasteiger partial charge in [0.25, 0.3) is 0 Å². The zero-order valence-corrected chi connectivity index (χ0v) is 9.09. The fourth-order valence-electron chi connectivity index (χ4n) is 1.56. The molecule has 1 rings (SSSR count). The molecule has 1 aromatic carbocycles. The van der Waals surface area contributed by atoms with Crippen LogP contribution in [0.25, 0.3) is 0 Å². The van der Waals surface area contributed by atoms with Gasteiger partial charge in [0.05, 0.1) is 0 Å². The first kappa shape index (κ1) is 10.8. The van der Waals surface area contributed by atoms with E-state index in [1.54, 1.807) is 0 Å². The molecule has 0 aliphatic rings. The standard InChI is InChI=1S/C12H18N2/c1-9(2)6-10-4-5-12(14-3)11(7-10)8-13/h4-5,7-9,13-14H,6H2,1-3H3. The van der Waals surface area contributed by atoms with Gasteiger partial charge in [0.15, 0.2) is 0 Å². The van der Waals surface area contributed by atoms with Gasteiger partial charge in [-0.15, -0.1) is 0 Å². The summed E-state index contributed by atoms with van der Waals surface area (Å²) in [5.74, 6) is 0.661. The second kappa shape index (κ2) is 4.80. The Kier molecular flexibility index (Phi) is 3.69. The van der Waals surface area contributed by atoms with Crippen LogP contribution in [-0.2, 0) is 6.42 Å². The van der Waals surface area contributed by atoms with Crippen molar-refractivity contribution in [2.45, 2.75) is 20.3 Å². The number of benzene rings is 1. The third kappa shape index (κ3) is 2.59. The van der Waals surface area contributed by atoms with Crippen LogP contribution in [0.4, 0.5) is 5.69 Å². The first-order chi connectivity index (χ1) is 6.67. The van der Waals surface area contributed by atoms with Crippen LogP contribution in [0.15, 0.2) is 18.2 Å². The number of hydrogen-bond acceptors (Lipinski definition) is 2. The third-order valence-corrected chi connectivity index (χ3v) is 2.18. The van der Waals surface area contributed by atoms with Crippen molar-refractivity contribution in [1.29, 1.82) is 5.41 Å². The maximum absolute atomic E-state index is 7.30. The van der Waals surface area contributed by atoms with Crippen LogP contribution in [-0.4, -0.2) is 13.3 Å². The monoisotopic (exact) mass is 190 g/mol. The normalized spacial score (nSPS) is 10.3. The zero-order chi connectivity index (χ0) is 10.6. The summed E-state index contributed by atoms with van der Waals surface area (Å²) >= 11 is 0. The van der Waals surface area contributed by atoms with Gasteiger partial charge in [-0.2, -0.15) is 0 Å². The second-order valence-corrected chi connectivity index (χ2v) is 3.91. The maximum Gasteiger partial charge on any atom is 0.0426 e. The van der Waals surface area contributed by atoms with E-state index in [-0.39, 0.29) is 0 Å². The molecule has 2 heteroatoms. The first-order valence-electron chi connectivity index (χ1n) is 4.98. The van der Waals surface area contributed by atoms with Crippen LogP contribution >= 0.6 is 0 Å². The SMILES string of the molecule is CNc1ccc(CC(C)C)cc1C=N. The van der Waals surface area contributed by atoms with Crippen molar-refractivity contribution in [3.05, 3.63) is 29.3 Å². The van der Waals surface area contributed by atoms with Crippen molar-refractivity contribution in [1.82, 2.24) is 0 Å². The Bertz CT molecular complexity index is 316. The van der Waals surface area contributed by atoms with Crippen molar-refractivity contribution >= 4 is 11.9 Å². The van der Waals surface area contributed by atoms with Crippen LogP contribution in [0.5, 0.6) is 0 Å². The van der Waals surface area contributed by atoms with E-state index in [2.05, 4.69) is 31.3 Å². The summed E-state index contributed by atoms with van der Waals surface area (Å²) in [6, 6.07) is 6.25. The molecular formula is C12H18N2. The predicted octanol–water partition coefficient (Wildman–Crippen LogP) is 2.92. The molecule has 14 heavy (non-hydrogen) atoms. The lowest BCUT2D eigenvalue weighted by atomic mass is 10.0. The Morgan fingerprint density at radius 3 is 2.64 bits per heavy atom. The summed E-state index contributed by atoms with van der Waals surface area (Å²) in [6.07, 6.45) is 2.47. The van der Waals surface area contributed by atoms with Gasteiger partial charge in [0.2, 0.25) is 0 Å². The average Bonchev–Trinajstić information content (AvgIpc) is 2.16. The van der Waals surface area contributed by atoms with Gasteiger partial charge < -0.3 is 10.7 Å². The van der Waals surface area contributed by atoms with Crippen molar-refractivity contribution in [3.63, 3.8) is 0 Å². The molecule has 0 spiro atoms. The quantitative estimate of drug-likeness (QED) is 0.703. The van der Waals surface area contributed by atoms with Gasteiger partial charge in [0.1, 0.15) is 0 Å². The van der Waals surface area contributed by atoms with Gasteiger partial charge in [-0.1, -0.05) is 19.9 Å². The molecule has 0 bridgehead atoms. The van der Waals surface area contributed by atoms with Gasteiger partial charge in [-0.3, -0.25) is 0 Å². The van der Waals surface area contributed by atoms with Crippen molar-refractivity contribution < 1.29 is 0 Å². The Labute approximate surface area is 85.9 Å². The predicted molar refractivity (Wildman–Crippen MR) is 62.4 cm³/mol. The lowest BCUT2D eigenvalue weighted by Gasteiger charge is -2.09. The minimum atomic E-state index is 0.661. The lowest BCUT2D eigenvalue weighted by Crippen LogP contribution is -1.98. The maximum atomic E-state index is 7.30. The second-order valence-electron chi connectivity index (χ2n) is 3.91. The highest BCUT2D eigenvalue weighted by atomic mass is 14.8. The molecule has 0 amide bonds. The molecule has 0 radical (unpaired) electrons. The van der Waals surface area contributed by atoms with E-state index in [9.17, 15) is 0 Å². The number of hydrogen-bond donors (Lipinski definition) is 2. The summed E-state index contributed by atoms with van der Waals surface area (Å²) < 4.78 is 0.